The molecule has 1 aliphatic rings. The van der Waals surface area contributed by atoms with E-state index in [1.807, 2.05) is 24.8 Å². The molecular weight excluding hydrogens is 547 g/mol. The largest absolute Gasteiger partial charge is 0.573 e. The van der Waals surface area contributed by atoms with Crippen LogP contribution >= 0.6 is 11.6 Å². The number of fused-ring (bicyclic) bond motifs is 1. The van der Waals surface area contributed by atoms with Crippen molar-refractivity contribution in [3.8, 4) is 11.5 Å². The highest BCUT2D eigenvalue weighted by atomic mass is 35.5. The molecule has 6 nitrogen and oxygen atoms in total. The first-order valence-electron chi connectivity index (χ1n) is 12.8. The van der Waals surface area contributed by atoms with Crippen LogP contribution in [0.5, 0.6) is 11.5 Å². The lowest BCUT2D eigenvalue weighted by Crippen LogP contribution is -2.41. The highest BCUT2D eigenvalue weighted by molar-refractivity contribution is 6.30. The van der Waals surface area contributed by atoms with Crippen LogP contribution in [0.1, 0.15) is 61.0 Å². The van der Waals surface area contributed by atoms with Crippen LogP contribution in [-0.4, -0.2) is 34.9 Å². The van der Waals surface area contributed by atoms with Gasteiger partial charge in [0.05, 0.1) is 5.92 Å². The molecule has 0 amide bonds. The molecule has 4 rings (SSSR count). The van der Waals surface area contributed by atoms with Gasteiger partial charge in [-0.05, 0) is 73.9 Å². The van der Waals surface area contributed by atoms with Crippen LogP contribution in [-0.2, 0) is 11.3 Å². The van der Waals surface area contributed by atoms with Crippen molar-refractivity contribution in [3.05, 3.63) is 88.4 Å². The van der Waals surface area contributed by atoms with Crippen molar-refractivity contribution < 1.29 is 37.3 Å². The van der Waals surface area contributed by atoms with E-state index in [1.165, 1.54) is 25.1 Å². The number of alkyl halides is 3. The fourth-order valence-corrected chi connectivity index (χ4v) is 5.24. The minimum atomic E-state index is -4.87. The fraction of sp³-hybridized carbons (Fsp3) is 0.333. The summed E-state index contributed by atoms with van der Waals surface area (Å²) in [7, 11) is 0. The number of hydrogen-bond acceptors (Lipinski definition) is 5. The number of carboxylic acids is 1. The van der Waals surface area contributed by atoms with Gasteiger partial charge in [0, 0.05) is 34.9 Å². The Morgan fingerprint density at radius 2 is 1.68 bits per heavy atom. The summed E-state index contributed by atoms with van der Waals surface area (Å²) in [5, 5.41) is 10.2. The second-order valence-electron chi connectivity index (χ2n) is 10.0. The smallest absolute Gasteiger partial charge is 0.478 e. The van der Waals surface area contributed by atoms with Crippen LogP contribution in [0.15, 0.2) is 66.7 Å². The topological polar surface area (TPSA) is 76.1 Å². The normalized spacial score (nSPS) is 18.1. The summed E-state index contributed by atoms with van der Waals surface area (Å²) in [6.45, 7) is 5.44. The molecule has 3 aromatic rings. The van der Waals surface area contributed by atoms with Gasteiger partial charge in [0.1, 0.15) is 11.5 Å². The van der Waals surface area contributed by atoms with Crippen LogP contribution < -0.4 is 14.4 Å². The summed E-state index contributed by atoms with van der Waals surface area (Å²) < 4.78 is 49.1. The van der Waals surface area contributed by atoms with E-state index in [1.54, 1.807) is 42.5 Å². The van der Waals surface area contributed by atoms with E-state index < -0.39 is 35.6 Å². The van der Waals surface area contributed by atoms with Crippen LogP contribution in [0.4, 0.5) is 18.9 Å². The van der Waals surface area contributed by atoms with Gasteiger partial charge in [0.2, 0.25) is 5.60 Å². The quantitative estimate of drug-likeness (QED) is 0.250. The molecule has 0 spiro atoms. The number of Topliss-reactive ketones (excluding diaryl/α,β-unsaturated/α-hetero) is 1. The lowest BCUT2D eigenvalue weighted by molar-refractivity contribution is -0.274. The van der Waals surface area contributed by atoms with Crippen molar-refractivity contribution in [3.63, 3.8) is 0 Å². The molecular formula is C30H29ClF3NO5. The van der Waals surface area contributed by atoms with Gasteiger partial charge in [-0.15, -0.1) is 13.2 Å². The Bertz CT molecular complexity index is 1390. The molecule has 0 saturated heterocycles. The van der Waals surface area contributed by atoms with E-state index in [0.717, 1.165) is 5.56 Å². The number of halogens is 4. The zero-order valence-electron chi connectivity index (χ0n) is 22.2. The standard InChI is InChI=1S/C30H29ClF3NO5/c1-4-14-29(3,28(37)38)39-22-7-5-6-19(15-22)17-35-18(2)26(27(36)20-8-10-21(31)11-9-20)24-13-12-23(16-25(24)35)40-30(32,33)34/h5-13,15-16,18,26H,4,14,17H2,1-3H3,(H,37,38). The predicted octanol–water partition coefficient (Wildman–Crippen LogP) is 7.64. The number of carboxylic acid groups (broad SMARTS) is 1. The zero-order valence-corrected chi connectivity index (χ0v) is 22.9. The summed E-state index contributed by atoms with van der Waals surface area (Å²) in [6, 6.07) is 16.9. The first-order chi connectivity index (χ1) is 18.8. The van der Waals surface area contributed by atoms with Gasteiger partial charge in [-0.3, -0.25) is 4.79 Å². The van der Waals surface area contributed by atoms with E-state index in [4.69, 9.17) is 16.3 Å². The zero-order chi connectivity index (χ0) is 29.2. The van der Waals surface area contributed by atoms with Gasteiger partial charge in [-0.1, -0.05) is 43.1 Å². The van der Waals surface area contributed by atoms with Crippen molar-refractivity contribution in [2.24, 2.45) is 0 Å². The molecule has 0 bridgehead atoms. The van der Waals surface area contributed by atoms with Crippen LogP contribution in [0.2, 0.25) is 5.02 Å². The second kappa shape index (κ2) is 11.4. The number of carbonyl (C=O) groups excluding carboxylic acids is 1. The first kappa shape index (κ1) is 29.3. The summed E-state index contributed by atoms with van der Waals surface area (Å²) in [4.78, 5) is 27.3. The molecule has 0 saturated carbocycles. The molecule has 0 radical (unpaired) electrons. The number of rotatable bonds is 10. The number of hydrogen-bond donors (Lipinski definition) is 1. The molecule has 3 atom stereocenters. The molecule has 1 aliphatic heterocycles. The Morgan fingerprint density at radius 1 is 1.00 bits per heavy atom. The monoisotopic (exact) mass is 575 g/mol. The van der Waals surface area contributed by atoms with Crippen molar-refractivity contribution in [1.29, 1.82) is 0 Å². The van der Waals surface area contributed by atoms with Gasteiger partial charge in [-0.25, -0.2) is 4.79 Å². The summed E-state index contributed by atoms with van der Waals surface area (Å²) in [5.41, 5.74) is 0.760. The highest BCUT2D eigenvalue weighted by Crippen LogP contribution is 2.45. The Hall–Kier alpha value is -3.72. The van der Waals surface area contributed by atoms with Gasteiger partial charge in [0.15, 0.2) is 5.78 Å². The van der Waals surface area contributed by atoms with E-state index >= 15 is 0 Å². The first-order valence-corrected chi connectivity index (χ1v) is 13.2. The molecule has 1 N–H and O–H groups in total. The molecule has 10 heteroatoms. The minimum Gasteiger partial charge on any atom is -0.478 e. The van der Waals surface area contributed by atoms with Crippen molar-refractivity contribution in [2.45, 2.75) is 64.1 Å². The Morgan fingerprint density at radius 3 is 2.30 bits per heavy atom. The minimum absolute atomic E-state index is 0.189. The third-order valence-corrected chi connectivity index (χ3v) is 7.29. The van der Waals surface area contributed by atoms with Gasteiger partial charge in [0.25, 0.3) is 0 Å². The predicted molar refractivity (Wildman–Crippen MR) is 145 cm³/mol. The SMILES string of the molecule is CCCC(C)(Oc1cccc(CN2c3cc(OC(F)(F)F)ccc3C(C(=O)c3ccc(Cl)cc3)C2C)c1)C(=O)O. The third-order valence-electron chi connectivity index (χ3n) is 7.04. The van der Waals surface area contributed by atoms with Gasteiger partial charge >= 0.3 is 12.3 Å². The van der Waals surface area contributed by atoms with Gasteiger partial charge in [-0.2, -0.15) is 0 Å². The van der Waals surface area contributed by atoms with E-state index in [9.17, 15) is 27.9 Å². The maximum absolute atomic E-state index is 13.6. The number of anilines is 1. The number of ketones is 1. The lowest BCUT2D eigenvalue weighted by Gasteiger charge is -2.28. The van der Waals surface area contributed by atoms with Crippen molar-refractivity contribution >= 4 is 29.0 Å². The second-order valence-corrected chi connectivity index (χ2v) is 10.5. The highest BCUT2D eigenvalue weighted by Gasteiger charge is 2.41. The van der Waals surface area contributed by atoms with Gasteiger partial charge < -0.3 is 19.5 Å². The van der Waals surface area contributed by atoms with Crippen LogP contribution in [0.25, 0.3) is 0 Å². The molecule has 0 aromatic heterocycles. The Kier molecular flexibility index (Phi) is 8.35. The molecule has 0 fully saturated rings. The number of nitrogens with zero attached hydrogens (tertiary/aromatic N) is 1. The van der Waals surface area contributed by atoms with E-state index in [2.05, 4.69) is 4.74 Å². The average molecular weight is 576 g/mol. The Labute approximate surface area is 235 Å². The number of benzene rings is 3. The molecule has 212 valence electrons. The summed E-state index contributed by atoms with van der Waals surface area (Å²) >= 11 is 5.99. The number of aliphatic carboxylic acids is 1. The fourth-order valence-electron chi connectivity index (χ4n) is 5.12. The maximum Gasteiger partial charge on any atom is 0.573 e. The lowest BCUT2D eigenvalue weighted by atomic mass is 9.88. The molecule has 0 aliphatic carbocycles. The molecule has 3 unspecified atom stereocenters. The van der Waals surface area contributed by atoms with Crippen molar-refractivity contribution in [1.82, 2.24) is 0 Å². The molecule has 3 aromatic carbocycles. The number of carbonyl (C=O) groups is 2. The average Bonchev–Trinajstić information content (AvgIpc) is 3.14. The van der Waals surface area contributed by atoms with Crippen LogP contribution in [0, 0.1) is 0 Å². The van der Waals surface area contributed by atoms with Crippen LogP contribution in [0.3, 0.4) is 0 Å². The van der Waals surface area contributed by atoms with E-state index in [-0.39, 0.29) is 12.3 Å². The van der Waals surface area contributed by atoms with Crippen molar-refractivity contribution in [2.75, 3.05) is 4.90 Å². The molecule has 40 heavy (non-hydrogen) atoms. The number of ether oxygens (including phenoxy) is 2. The molecule has 1 heterocycles. The maximum atomic E-state index is 13.6. The third kappa shape index (κ3) is 6.36. The summed E-state index contributed by atoms with van der Waals surface area (Å²) in [5.74, 6) is -1.97. The summed E-state index contributed by atoms with van der Waals surface area (Å²) in [6.07, 6.45) is -3.96. The van der Waals surface area contributed by atoms with E-state index in [0.29, 0.717) is 40.4 Å². The Balaban J connectivity index is 1.69.